The summed E-state index contributed by atoms with van der Waals surface area (Å²) < 4.78 is 4.99. The molecule has 0 radical (unpaired) electrons. The molecule has 3 aromatic carbocycles. The largest absolute Gasteiger partial charge is 0.481 e. The van der Waals surface area contributed by atoms with Crippen LogP contribution in [0.1, 0.15) is 51.4 Å². The third-order valence-electron chi connectivity index (χ3n) is 6.69. The quantitative estimate of drug-likeness (QED) is 0.572. The normalized spacial score (nSPS) is 22.1. The Morgan fingerprint density at radius 1 is 0.788 bits per heavy atom. The Bertz CT molecular complexity index is 1200. The Hall–Kier alpha value is -3.93. The molecule has 0 heterocycles. The first-order valence-electron chi connectivity index (χ1n) is 11.0. The first-order chi connectivity index (χ1) is 16.0. The Labute approximate surface area is 191 Å². The zero-order valence-electron chi connectivity index (χ0n) is 18.0. The first kappa shape index (κ1) is 20.9. The molecule has 0 spiro atoms. The maximum atomic E-state index is 13.5. The molecule has 0 saturated carbocycles. The predicted octanol–water partition coefficient (Wildman–Crippen LogP) is 4.41. The van der Waals surface area contributed by atoms with Gasteiger partial charge in [-0.15, -0.1) is 0 Å². The van der Waals surface area contributed by atoms with Gasteiger partial charge in [0.2, 0.25) is 5.91 Å². The first-order valence-corrected chi connectivity index (χ1v) is 11.0. The van der Waals surface area contributed by atoms with Crippen molar-refractivity contribution >= 4 is 23.5 Å². The highest BCUT2D eigenvalue weighted by Crippen LogP contribution is 2.58. The van der Waals surface area contributed by atoms with E-state index in [4.69, 9.17) is 4.74 Å². The van der Waals surface area contributed by atoms with Crippen LogP contribution in [0.25, 0.3) is 0 Å². The molecule has 2 atom stereocenters. The fourth-order valence-corrected chi connectivity index (χ4v) is 5.42. The number of carboxylic acids is 1. The number of fused-ring (bicyclic) bond motifs is 1. The molecule has 2 bridgehead atoms. The molecule has 0 aliphatic heterocycles. The van der Waals surface area contributed by atoms with Crippen molar-refractivity contribution in [1.82, 2.24) is 0 Å². The maximum absolute atomic E-state index is 13.5. The van der Waals surface area contributed by atoms with Crippen molar-refractivity contribution in [3.8, 4) is 0 Å². The number of carboxylic acid groups (broad SMARTS) is 1. The number of ether oxygens (including phenoxy) is 1. The van der Waals surface area contributed by atoms with Crippen LogP contribution in [0, 0.1) is 11.8 Å². The summed E-state index contributed by atoms with van der Waals surface area (Å²) in [7, 11) is 0. The average Bonchev–Trinajstić information content (AvgIpc) is 2.84. The number of carbonyl (C=O) groups excluding carboxylic acids is 2. The van der Waals surface area contributed by atoms with E-state index in [-0.39, 0.29) is 24.3 Å². The van der Waals surface area contributed by atoms with Gasteiger partial charge in [0.15, 0.2) is 0 Å². The van der Waals surface area contributed by atoms with Crippen LogP contribution in [0.4, 0.5) is 5.69 Å². The average molecular weight is 441 g/mol. The Balaban J connectivity index is 1.52. The van der Waals surface area contributed by atoms with Gasteiger partial charge in [0.05, 0.1) is 24.0 Å². The minimum Gasteiger partial charge on any atom is -0.481 e. The molecule has 166 valence electrons. The van der Waals surface area contributed by atoms with E-state index < -0.39 is 23.8 Å². The van der Waals surface area contributed by atoms with Gasteiger partial charge in [-0.05, 0) is 53.4 Å². The number of rotatable bonds is 5. The molecule has 0 saturated heterocycles. The van der Waals surface area contributed by atoms with E-state index in [1.165, 1.54) is 0 Å². The van der Waals surface area contributed by atoms with Crippen LogP contribution < -0.4 is 5.32 Å². The number of amides is 1. The van der Waals surface area contributed by atoms with Crippen molar-refractivity contribution in [2.75, 3.05) is 11.9 Å². The fraction of sp³-hybridized carbons (Fsp3) is 0.222. The van der Waals surface area contributed by atoms with Gasteiger partial charge in [-0.3, -0.25) is 9.59 Å². The van der Waals surface area contributed by atoms with Crippen LogP contribution in [-0.4, -0.2) is 29.6 Å². The fourth-order valence-electron chi connectivity index (χ4n) is 5.42. The number of hydrogen-bond donors (Lipinski definition) is 2. The molecule has 2 N–H and O–H groups in total. The van der Waals surface area contributed by atoms with Gasteiger partial charge < -0.3 is 15.2 Å². The van der Waals surface area contributed by atoms with Crippen LogP contribution in [-0.2, 0) is 14.3 Å². The predicted molar refractivity (Wildman–Crippen MR) is 122 cm³/mol. The molecule has 3 aromatic rings. The summed E-state index contributed by atoms with van der Waals surface area (Å²) >= 11 is 0. The van der Waals surface area contributed by atoms with Crippen molar-refractivity contribution in [2.45, 2.75) is 18.8 Å². The Kier molecular flexibility index (Phi) is 5.21. The summed E-state index contributed by atoms with van der Waals surface area (Å²) in [6.45, 7) is 2.01. The highest BCUT2D eigenvalue weighted by Gasteiger charge is 2.55. The minimum atomic E-state index is -0.980. The second-order valence-corrected chi connectivity index (χ2v) is 8.39. The number of nitrogens with one attached hydrogen (secondary N) is 1. The van der Waals surface area contributed by atoms with E-state index in [1.54, 1.807) is 31.2 Å². The molecule has 33 heavy (non-hydrogen) atoms. The van der Waals surface area contributed by atoms with Crippen molar-refractivity contribution in [3.05, 3.63) is 101 Å². The van der Waals surface area contributed by atoms with Crippen molar-refractivity contribution in [3.63, 3.8) is 0 Å². The monoisotopic (exact) mass is 441 g/mol. The SMILES string of the molecule is CCOC(=O)c1ccc(NC(=O)[C@@H]2C3c4ccccc4C(c4ccccc43)[C@@H]2C(=O)O)cc1. The summed E-state index contributed by atoms with van der Waals surface area (Å²) in [4.78, 5) is 37.9. The third-order valence-corrected chi connectivity index (χ3v) is 6.69. The smallest absolute Gasteiger partial charge is 0.338 e. The molecule has 0 fully saturated rings. The van der Waals surface area contributed by atoms with Crippen molar-refractivity contribution < 1.29 is 24.2 Å². The summed E-state index contributed by atoms with van der Waals surface area (Å²) in [5.74, 6) is -4.12. The highest BCUT2D eigenvalue weighted by atomic mass is 16.5. The number of carbonyl (C=O) groups is 3. The number of hydrogen-bond acceptors (Lipinski definition) is 4. The zero-order valence-corrected chi connectivity index (χ0v) is 18.0. The topological polar surface area (TPSA) is 92.7 Å². The van der Waals surface area contributed by atoms with Crippen LogP contribution >= 0.6 is 0 Å². The van der Waals surface area contributed by atoms with E-state index >= 15 is 0 Å². The molecular formula is C27H23NO5. The van der Waals surface area contributed by atoms with Crippen molar-refractivity contribution in [2.24, 2.45) is 11.8 Å². The lowest BCUT2D eigenvalue weighted by Gasteiger charge is -2.48. The Morgan fingerprint density at radius 3 is 1.73 bits per heavy atom. The van der Waals surface area contributed by atoms with Crippen LogP contribution in [0.2, 0.25) is 0 Å². The van der Waals surface area contributed by atoms with Gasteiger partial charge >= 0.3 is 11.9 Å². The van der Waals surface area contributed by atoms with Gasteiger partial charge in [0.1, 0.15) is 0 Å². The number of benzene rings is 3. The van der Waals surface area contributed by atoms with Crippen LogP contribution in [0.5, 0.6) is 0 Å². The molecule has 6 rings (SSSR count). The standard InChI is InChI=1S/C27H23NO5/c1-2-33-27(32)15-11-13-16(14-12-15)28-25(29)23-21-17-7-3-5-9-19(17)22(24(23)26(30)31)20-10-6-4-8-18(20)21/h3-14,21-24H,2H2,1H3,(H,28,29)(H,30,31)/t21?,22?,23-,24+/m1/s1. The Morgan fingerprint density at radius 2 is 1.27 bits per heavy atom. The van der Waals surface area contributed by atoms with Gasteiger partial charge in [-0.25, -0.2) is 4.79 Å². The number of anilines is 1. The zero-order chi connectivity index (χ0) is 23.1. The summed E-state index contributed by atoms with van der Waals surface area (Å²) in [5, 5.41) is 13.1. The lowest BCUT2D eigenvalue weighted by Crippen LogP contribution is -2.48. The van der Waals surface area contributed by atoms with E-state index in [0.29, 0.717) is 11.3 Å². The highest BCUT2D eigenvalue weighted by molar-refractivity contribution is 5.98. The van der Waals surface area contributed by atoms with Crippen LogP contribution in [0.15, 0.2) is 72.8 Å². The second-order valence-electron chi connectivity index (χ2n) is 8.39. The van der Waals surface area contributed by atoms with E-state index in [0.717, 1.165) is 22.3 Å². The lowest BCUT2D eigenvalue weighted by atomic mass is 9.54. The summed E-state index contributed by atoms with van der Waals surface area (Å²) in [5.41, 5.74) is 4.87. The molecular weight excluding hydrogens is 418 g/mol. The second kappa shape index (κ2) is 8.20. The van der Waals surface area contributed by atoms with E-state index in [9.17, 15) is 19.5 Å². The lowest BCUT2D eigenvalue weighted by molar-refractivity contribution is -0.148. The van der Waals surface area contributed by atoms with Gasteiger partial charge in [-0.2, -0.15) is 0 Å². The molecule has 3 aliphatic carbocycles. The molecule has 1 amide bonds. The molecule has 0 aromatic heterocycles. The third kappa shape index (κ3) is 3.39. The van der Waals surface area contributed by atoms with Gasteiger partial charge in [0, 0.05) is 17.5 Å². The number of aliphatic carboxylic acids is 1. The van der Waals surface area contributed by atoms with Crippen molar-refractivity contribution in [1.29, 1.82) is 0 Å². The summed E-state index contributed by atoms with van der Waals surface area (Å²) in [6, 6.07) is 22.1. The summed E-state index contributed by atoms with van der Waals surface area (Å²) in [6.07, 6.45) is 0. The molecule has 3 aliphatic rings. The number of esters is 1. The molecule has 0 unspecified atom stereocenters. The molecule has 6 nitrogen and oxygen atoms in total. The van der Waals surface area contributed by atoms with E-state index in [2.05, 4.69) is 5.32 Å². The maximum Gasteiger partial charge on any atom is 0.338 e. The van der Waals surface area contributed by atoms with Gasteiger partial charge in [-0.1, -0.05) is 48.5 Å². The van der Waals surface area contributed by atoms with E-state index in [1.807, 2.05) is 48.5 Å². The molecule has 6 heteroatoms. The minimum absolute atomic E-state index is 0.279. The van der Waals surface area contributed by atoms with Gasteiger partial charge in [0.25, 0.3) is 0 Å². The van der Waals surface area contributed by atoms with Crippen LogP contribution in [0.3, 0.4) is 0 Å².